The normalized spacial score (nSPS) is 19.8. The van der Waals surface area contributed by atoms with E-state index in [1.54, 1.807) is 48.0 Å². The van der Waals surface area contributed by atoms with Crippen molar-refractivity contribution in [2.45, 2.75) is 24.8 Å². The topological polar surface area (TPSA) is 110 Å². The van der Waals surface area contributed by atoms with Gasteiger partial charge in [-0.3, -0.25) is 19.5 Å². The van der Waals surface area contributed by atoms with Gasteiger partial charge in [0.1, 0.15) is 17.6 Å². The molecule has 0 bridgehead atoms. The van der Waals surface area contributed by atoms with Crippen LogP contribution in [0, 0.1) is 17.1 Å². The van der Waals surface area contributed by atoms with Crippen LogP contribution in [0.2, 0.25) is 5.02 Å². The first-order chi connectivity index (χ1) is 19.8. The van der Waals surface area contributed by atoms with Crippen molar-refractivity contribution in [2.75, 3.05) is 13.2 Å². The van der Waals surface area contributed by atoms with Crippen LogP contribution < -0.4 is 0 Å². The number of carbonyl (C=O) groups excluding carboxylic acids is 2. The van der Waals surface area contributed by atoms with Gasteiger partial charge in [-0.2, -0.15) is 5.26 Å². The second-order valence-electron chi connectivity index (χ2n) is 9.93. The SMILES string of the molecule is Cn1cnc(C(=O)c2cc(F)c3c(c2)C(=O)N(Cc2ccc(C#N)cn2)[C@@]3(O[C@H]2CCOC2)c2ccc(Cl)cc2)c1. The molecule has 0 radical (unpaired) electrons. The zero-order valence-electron chi connectivity index (χ0n) is 21.9. The Morgan fingerprint density at radius 3 is 2.68 bits per heavy atom. The fraction of sp³-hybridized carbons (Fsp3) is 0.233. The monoisotopic (exact) mass is 571 g/mol. The number of aromatic nitrogens is 3. The van der Waals surface area contributed by atoms with E-state index in [9.17, 15) is 14.9 Å². The number of hydrogen-bond donors (Lipinski definition) is 0. The Balaban J connectivity index is 1.55. The fourth-order valence-electron chi connectivity index (χ4n) is 5.30. The number of ketones is 1. The zero-order chi connectivity index (χ0) is 28.7. The number of aryl methyl sites for hydroxylation is 1. The maximum atomic E-state index is 16.4. The van der Waals surface area contributed by atoms with Crippen LogP contribution in [0.3, 0.4) is 0 Å². The number of rotatable bonds is 7. The molecule has 1 amide bonds. The lowest BCUT2D eigenvalue weighted by molar-refractivity contribution is -0.148. The first-order valence-corrected chi connectivity index (χ1v) is 13.2. The van der Waals surface area contributed by atoms with E-state index in [4.69, 9.17) is 21.1 Å². The van der Waals surface area contributed by atoms with Crippen LogP contribution in [-0.4, -0.2) is 50.4 Å². The number of carbonyl (C=O) groups is 2. The summed E-state index contributed by atoms with van der Waals surface area (Å²) >= 11 is 6.21. The lowest BCUT2D eigenvalue weighted by atomic mass is 9.90. The minimum Gasteiger partial charge on any atom is -0.379 e. The molecule has 1 saturated heterocycles. The van der Waals surface area contributed by atoms with Gasteiger partial charge in [-0.05, 0) is 42.8 Å². The van der Waals surface area contributed by atoms with E-state index < -0.39 is 29.3 Å². The molecule has 2 atom stereocenters. The van der Waals surface area contributed by atoms with Gasteiger partial charge < -0.3 is 14.0 Å². The number of benzene rings is 2. The number of halogens is 2. The van der Waals surface area contributed by atoms with Gasteiger partial charge in [0.15, 0.2) is 0 Å². The predicted octanol–water partition coefficient (Wildman–Crippen LogP) is 4.37. The Hall–Kier alpha value is -4.43. The highest BCUT2D eigenvalue weighted by molar-refractivity contribution is 6.30. The molecule has 2 aromatic carbocycles. The van der Waals surface area contributed by atoms with E-state index in [1.165, 1.54) is 29.7 Å². The van der Waals surface area contributed by atoms with Crippen LogP contribution in [0.5, 0.6) is 0 Å². The molecule has 4 aromatic rings. The van der Waals surface area contributed by atoms with E-state index in [2.05, 4.69) is 9.97 Å². The minimum absolute atomic E-state index is 0.00760. The molecular formula is C30H23ClFN5O4. The maximum absolute atomic E-state index is 16.4. The third-order valence-electron chi connectivity index (χ3n) is 7.22. The van der Waals surface area contributed by atoms with Crippen molar-refractivity contribution >= 4 is 23.3 Å². The highest BCUT2D eigenvalue weighted by atomic mass is 35.5. The lowest BCUT2D eigenvalue weighted by Gasteiger charge is -2.41. The number of imidazole rings is 1. The number of fused-ring (bicyclic) bond motifs is 1. The van der Waals surface area contributed by atoms with Gasteiger partial charge in [-0.25, -0.2) is 9.37 Å². The summed E-state index contributed by atoms with van der Waals surface area (Å²) in [5.74, 6) is -1.84. The van der Waals surface area contributed by atoms with Crippen molar-refractivity contribution in [3.63, 3.8) is 0 Å². The van der Waals surface area contributed by atoms with Crippen molar-refractivity contribution in [3.05, 3.63) is 117 Å². The average Bonchev–Trinajstić information content (AvgIpc) is 3.70. The fourth-order valence-corrected chi connectivity index (χ4v) is 5.42. The van der Waals surface area contributed by atoms with Crippen LogP contribution in [0.4, 0.5) is 4.39 Å². The van der Waals surface area contributed by atoms with E-state index in [0.717, 1.165) is 6.07 Å². The van der Waals surface area contributed by atoms with Crippen LogP contribution in [-0.2, 0) is 28.8 Å². The highest BCUT2D eigenvalue weighted by Gasteiger charge is 2.55. The summed E-state index contributed by atoms with van der Waals surface area (Å²) in [5.41, 5.74) is -0.342. The second-order valence-corrected chi connectivity index (χ2v) is 10.4. The third-order valence-corrected chi connectivity index (χ3v) is 7.47. The number of hydrogen-bond acceptors (Lipinski definition) is 7. The summed E-state index contributed by atoms with van der Waals surface area (Å²) in [6, 6.07) is 14.4. The number of pyridine rings is 1. The third kappa shape index (κ3) is 4.68. The molecule has 4 heterocycles. The first kappa shape index (κ1) is 26.8. The van der Waals surface area contributed by atoms with Gasteiger partial charge in [0.25, 0.3) is 5.91 Å². The molecule has 41 heavy (non-hydrogen) atoms. The van der Waals surface area contributed by atoms with Crippen molar-refractivity contribution in [1.29, 1.82) is 5.26 Å². The molecule has 0 spiro atoms. The average molecular weight is 572 g/mol. The standard InChI is InChI=1S/C30H23ClFN5O4/c1-36-15-26(35-17-36)28(38)19-10-24-27(25(32)11-19)30(41-23-8-9-40-16-23,20-3-5-21(31)6-4-20)37(29(24)39)14-22-7-2-18(12-33)13-34-22/h2-7,10-11,13,15,17,23H,8-9,14,16H2,1H3/t23-,30+/m0/s1. The second kappa shape index (κ2) is 10.5. The van der Waals surface area contributed by atoms with Crippen molar-refractivity contribution in [2.24, 2.45) is 7.05 Å². The van der Waals surface area contributed by atoms with Gasteiger partial charge in [0.2, 0.25) is 11.5 Å². The molecule has 9 nitrogen and oxygen atoms in total. The van der Waals surface area contributed by atoms with Crippen LogP contribution in [0.1, 0.15) is 55.2 Å². The molecule has 2 aromatic heterocycles. The van der Waals surface area contributed by atoms with Gasteiger partial charge in [0, 0.05) is 42.2 Å². The predicted molar refractivity (Wildman–Crippen MR) is 144 cm³/mol. The molecule has 11 heteroatoms. The largest absolute Gasteiger partial charge is 0.379 e. The summed E-state index contributed by atoms with van der Waals surface area (Å²) in [5, 5.41) is 9.65. The summed E-state index contributed by atoms with van der Waals surface area (Å²) in [6.45, 7) is 0.650. The smallest absolute Gasteiger partial charge is 0.257 e. The molecule has 2 aliphatic heterocycles. The molecule has 1 fully saturated rings. The van der Waals surface area contributed by atoms with Crippen molar-refractivity contribution in [1.82, 2.24) is 19.4 Å². The Bertz CT molecular complexity index is 1690. The van der Waals surface area contributed by atoms with E-state index in [1.807, 2.05) is 6.07 Å². The minimum atomic E-state index is -1.72. The van der Waals surface area contributed by atoms with Gasteiger partial charge in [-0.15, -0.1) is 0 Å². The van der Waals surface area contributed by atoms with Crippen LogP contribution >= 0.6 is 11.6 Å². The number of ether oxygens (including phenoxy) is 2. The Morgan fingerprint density at radius 2 is 2.05 bits per heavy atom. The molecule has 0 unspecified atom stereocenters. The van der Waals surface area contributed by atoms with E-state index >= 15 is 4.39 Å². The number of amides is 1. The first-order valence-electron chi connectivity index (χ1n) is 12.9. The molecule has 2 aliphatic rings. The number of nitriles is 1. The summed E-state index contributed by atoms with van der Waals surface area (Å²) in [7, 11) is 1.72. The molecule has 0 aliphatic carbocycles. The van der Waals surface area contributed by atoms with Gasteiger partial charge >= 0.3 is 0 Å². The summed E-state index contributed by atoms with van der Waals surface area (Å²) < 4.78 is 30.3. The van der Waals surface area contributed by atoms with Gasteiger partial charge in [-0.1, -0.05) is 23.7 Å². The van der Waals surface area contributed by atoms with Crippen LogP contribution in [0.25, 0.3) is 0 Å². The zero-order valence-corrected chi connectivity index (χ0v) is 22.6. The molecule has 0 N–H and O–H groups in total. The highest BCUT2D eigenvalue weighted by Crippen LogP contribution is 2.49. The Morgan fingerprint density at radius 1 is 1.24 bits per heavy atom. The van der Waals surface area contributed by atoms with Crippen molar-refractivity contribution in [3.8, 4) is 6.07 Å². The maximum Gasteiger partial charge on any atom is 0.257 e. The summed E-state index contributed by atoms with van der Waals surface area (Å²) in [6.07, 6.45) is 4.49. The lowest BCUT2D eigenvalue weighted by Crippen LogP contribution is -2.49. The van der Waals surface area contributed by atoms with Crippen LogP contribution in [0.15, 0.2) is 67.3 Å². The Kier molecular flexibility index (Phi) is 6.87. The molecule has 0 saturated carbocycles. The summed E-state index contributed by atoms with van der Waals surface area (Å²) in [4.78, 5) is 37.3. The van der Waals surface area contributed by atoms with E-state index in [0.29, 0.717) is 34.9 Å². The Labute approximate surface area is 239 Å². The quantitative estimate of drug-likeness (QED) is 0.303. The number of nitrogens with zero attached hydrogens (tertiary/aromatic N) is 5. The molecular weight excluding hydrogens is 549 g/mol. The molecule has 6 rings (SSSR count). The van der Waals surface area contributed by atoms with Gasteiger partial charge in [0.05, 0.1) is 48.0 Å². The van der Waals surface area contributed by atoms with Crippen molar-refractivity contribution < 1.29 is 23.5 Å². The molecule has 206 valence electrons. The van der Waals surface area contributed by atoms with E-state index in [-0.39, 0.29) is 35.5 Å².